The van der Waals surface area contributed by atoms with E-state index in [4.69, 9.17) is 9.72 Å². The molecule has 2 aliphatic heterocycles. The highest BCUT2D eigenvalue weighted by atomic mass is 32.2. The Labute approximate surface area is 221 Å². The zero-order valence-electron chi connectivity index (χ0n) is 20.9. The van der Waals surface area contributed by atoms with Gasteiger partial charge in [0.05, 0.1) is 20.8 Å². The summed E-state index contributed by atoms with van der Waals surface area (Å²) >= 11 is 3.44. The summed E-state index contributed by atoms with van der Waals surface area (Å²) in [4.78, 5) is 30.3. The predicted molar refractivity (Wildman–Crippen MR) is 145 cm³/mol. The molecular weight excluding hydrogens is 488 g/mol. The van der Waals surface area contributed by atoms with Crippen molar-refractivity contribution in [3.05, 3.63) is 47.0 Å². The van der Waals surface area contributed by atoms with Crippen LogP contribution in [0, 0.1) is 11.8 Å². The third kappa shape index (κ3) is 5.18. The summed E-state index contributed by atoms with van der Waals surface area (Å²) in [6, 6.07) is 6.04. The predicted octanol–water partition coefficient (Wildman–Crippen LogP) is 5.79. The lowest BCUT2D eigenvalue weighted by atomic mass is 9.88. The molecule has 2 aromatic heterocycles. The third-order valence-corrected chi connectivity index (χ3v) is 10.1. The van der Waals surface area contributed by atoms with E-state index in [0.29, 0.717) is 11.8 Å². The number of rotatable bonds is 6. The molecule has 4 heterocycles. The van der Waals surface area contributed by atoms with Crippen LogP contribution in [0.5, 0.6) is 0 Å². The van der Waals surface area contributed by atoms with Gasteiger partial charge >= 0.3 is 0 Å². The van der Waals surface area contributed by atoms with Gasteiger partial charge in [0.15, 0.2) is 0 Å². The van der Waals surface area contributed by atoms with Crippen molar-refractivity contribution in [2.45, 2.75) is 68.3 Å². The second-order valence-electron chi connectivity index (χ2n) is 10.7. The number of ether oxygens (including phenoxy) is 1. The van der Waals surface area contributed by atoms with Crippen LogP contribution in [0.2, 0.25) is 0 Å². The first-order valence-corrected chi connectivity index (χ1v) is 15.3. The van der Waals surface area contributed by atoms with Gasteiger partial charge in [0.2, 0.25) is 0 Å². The second-order valence-corrected chi connectivity index (χ2v) is 12.7. The van der Waals surface area contributed by atoms with Crippen LogP contribution in [0.15, 0.2) is 35.5 Å². The Morgan fingerprint density at radius 3 is 2.64 bits per heavy atom. The molecule has 3 aromatic rings. The number of benzene rings is 1. The second kappa shape index (κ2) is 10.4. The van der Waals surface area contributed by atoms with Crippen LogP contribution in [0.4, 0.5) is 0 Å². The van der Waals surface area contributed by atoms with Crippen LogP contribution in [0.3, 0.4) is 0 Å². The zero-order chi connectivity index (χ0) is 24.5. The topological polar surface area (TPSA) is 68.2 Å². The first kappa shape index (κ1) is 24.3. The summed E-state index contributed by atoms with van der Waals surface area (Å²) in [7, 11) is 0. The van der Waals surface area contributed by atoms with E-state index < -0.39 is 0 Å². The first-order chi connectivity index (χ1) is 17.6. The fourth-order valence-electron chi connectivity index (χ4n) is 6.25. The Hall–Kier alpha value is -2.03. The van der Waals surface area contributed by atoms with Crippen molar-refractivity contribution < 1.29 is 9.53 Å². The molecule has 2 atom stereocenters. The van der Waals surface area contributed by atoms with E-state index in [1.54, 1.807) is 23.1 Å². The van der Waals surface area contributed by atoms with Crippen LogP contribution in [0.25, 0.3) is 10.2 Å². The summed E-state index contributed by atoms with van der Waals surface area (Å²) in [5, 5.41) is 1.19. The van der Waals surface area contributed by atoms with Gasteiger partial charge in [-0.3, -0.25) is 4.79 Å². The minimum absolute atomic E-state index is 0.0401. The molecule has 0 N–H and O–H groups in total. The summed E-state index contributed by atoms with van der Waals surface area (Å²) in [6.07, 6.45) is 15.8. The molecule has 6 rings (SSSR count). The maximum absolute atomic E-state index is 13.2. The van der Waals surface area contributed by atoms with Gasteiger partial charge in [-0.05, 0) is 81.2 Å². The number of thiazole rings is 1. The molecule has 3 fully saturated rings. The van der Waals surface area contributed by atoms with Crippen molar-refractivity contribution in [3.8, 4) is 0 Å². The molecule has 1 aromatic carbocycles. The molecule has 8 heteroatoms. The van der Waals surface area contributed by atoms with Crippen molar-refractivity contribution in [1.29, 1.82) is 0 Å². The number of carbonyl (C=O) groups is 1. The van der Waals surface area contributed by atoms with E-state index in [0.717, 1.165) is 84.7 Å². The average Bonchev–Trinajstić information content (AvgIpc) is 3.65. The average molecular weight is 523 g/mol. The van der Waals surface area contributed by atoms with Crippen LogP contribution in [0.1, 0.15) is 66.1 Å². The lowest BCUT2D eigenvalue weighted by Crippen LogP contribution is -2.46. The van der Waals surface area contributed by atoms with Gasteiger partial charge < -0.3 is 9.64 Å². The van der Waals surface area contributed by atoms with Crippen molar-refractivity contribution in [1.82, 2.24) is 19.9 Å². The summed E-state index contributed by atoms with van der Waals surface area (Å²) in [5.41, 5.74) is 1.84. The van der Waals surface area contributed by atoms with Gasteiger partial charge in [-0.2, -0.15) is 0 Å². The fourth-order valence-corrected chi connectivity index (χ4v) is 7.69. The van der Waals surface area contributed by atoms with Crippen molar-refractivity contribution in [3.63, 3.8) is 0 Å². The van der Waals surface area contributed by atoms with Gasteiger partial charge in [-0.25, -0.2) is 15.0 Å². The maximum Gasteiger partial charge on any atom is 0.253 e. The fraction of sp³-hybridized carbons (Fsp3) is 0.571. The normalized spacial score (nSPS) is 23.6. The number of thioether (sulfide) groups is 1. The smallest absolute Gasteiger partial charge is 0.253 e. The lowest BCUT2D eigenvalue weighted by molar-refractivity contribution is -0.0387. The highest BCUT2D eigenvalue weighted by molar-refractivity contribution is 7.98. The summed E-state index contributed by atoms with van der Waals surface area (Å²) in [6.45, 7) is 2.46. The Bertz CT molecular complexity index is 1210. The highest BCUT2D eigenvalue weighted by Crippen LogP contribution is 2.38. The summed E-state index contributed by atoms with van der Waals surface area (Å²) < 4.78 is 7.15. The number of likely N-dealkylation sites (tertiary alicyclic amines) is 1. The molecule has 0 bridgehead atoms. The van der Waals surface area contributed by atoms with E-state index in [9.17, 15) is 4.79 Å². The highest BCUT2D eigenvalue weighted by Gasteiger charge is 2.39. The number of hydrogen-bond acceptors (Lipinski definition) is 7. The number of fused-ring (bicyclic) bond motifs is 1. The Kier molecular flexibility index (Phi) is 7.01. The molecule has 190 valence electrons. The standard InChI is InChI=1S/C28H34N4O2S2/c1-35-22-17-29-25(30-18-22)14-19-3-4-20(13-19)15-26-31-23-6-5-21(16-24(23)36-26)27(33)32-10-8-28(9-11-32)7-2-12-34-28/h5-6,16-20H,2-4,7-15H2,1H3/t19-,20-/m0/s1. The monoisotopic (exact) mass is 522 g/mol. The molecule has 0 unspecified atom stereocenters. The van der Waals surface area contributed by atoms with Gasteiger partial charge in [0.25, 0.3) is 5.91 Å². The minimum Gasteiger partial charge on any atom is -0.375 e. The molecule has 6 nitrogen and oxygen atoms in total. The molecular formula is C28H34N4O2S2. The zero-order valence-corrected chi connectivity index (χ0v) is 22.6. The molecule has 1 spiro atoms. The van der Waals surface area contributed by atoms with E-state index >= 15 is 0 Å². The molecule has 36 heavy (non-hydrogen) atoms. The minimum atomic E-state index is 0.0401. The number of carbonyl (C=O) groups excluding carboxylic acids is 1. The molecule has 1 saturated carbocycles. The Morgan fingerprint density at radius 2 is 1.92 bits per heavy atom. The van der Waals surface area contributed by atoms with E-state index in [1.165, 1.54) is 24.3 Å². The number of amides is 1. The van der Waals surface area contributed by atoms with Crippen molar-refractivity contribution >= 4 is 39.2 Å². The molecule has 3 aliphatic rings. The number of piperidine rings is 1. The molecule has 1 amide bonds. The van der Waals surface area contributed by atoms with E-state index in [2.05, 4.69) is 22.3 Å². The number of aromatic nitrogens is 3. The van der Waals surface area contributed by atoms with Crippen LogP contribution >= 0.6 is 23.1 Å². The van der Waals surface area contributed by atoms with Crippen LogP contribution < -0.4 is 0 Å². The van der Waals surface area contributed by atoms with Gasteiger partial charge in [0.1, 0.15) is 5.82 Å². The maximum atomic E-state index is 13.2. The third-order valence-electron chi connectivity index (χ3n) is 8.33. The number of nitrogens with zero attached hydrogens (tertiary/aromatic N) is 4. The van der Waals surface area contributed by atoms with Crippen molar-refractivity contribution in [2.24, 2.45) is 11.8 Å². The first-order valence-electron chi connectivity index (χ1n) is 13.3. The van der Waals surface area contributed by atoms with Crippen molar-refractivity contribution in [2.75, 3.05) is 26.0 Å². The number of hydrogen-bond donors (Lipinski definition) is 0. The molecule has 0 radical (unpaired) electrons. The Morgan fingerprint density at radius 1 is 1.14 bits per heavy atom. The SMILES string of the molecule is CSc1cnc(C[C@H]2CC[C@H](Cc3nc4ccc(C(=O)N5CCC6(CCCO6)CC5)cc4s3)C2)nc1. The summed E-state index contributed by atoms with van der Waals surface area (Å²) in [5.74, 6) is 2.44. The Balaban J connectivity index is 1.05. The van der Waals surface area contributed by atoms with Crippen LogP contribution in [-0.4, -0.2) is 57.3 Å². The molecule has 2 saturated heterocycles. The van der Waals surface area contributed by atoms with Gasteiger partial charge in [-0.15, -0.1) is 23.1 Å². The lowest BCUT2D eigenvalue weighted by Gasteiger charge is -2.38. The van der Waals surface area contributed by atoms with E-state index in [1.807, 2.05) is 29.4 Å². The molecule has 1 aliphatic carbocycles. The van der Waals surface area contributed by atoms with Gasteiger partial charge in [-0.1, -0.05) is 0 Å². The van der Waals surface area contributed by atoms with Crippen LogP contribution in [-0.2, 0) is 17.6 Å². The quantitative estimate of drug-likeness (QED) is 0.382. The van der Waals surface area contributed by atoms with E-state index in [-0.39, 0.29) is 11.5 Å². The van der Waals surface area contributed by atoms with Gasteiger partial charge in [0, 0.05) is 55.4 Å². The largest absolute Gasteiger partial charge is 0.375 e.